The van der Waals surface area contributed by atoms with Crippen molar-refractivity contribution >= 4 is 16.0 Å². The first-order valence-corrected chi connectivity index (χ1v) is 6.06. The highest BCUT2D eigenvalue weighted by Crippen LogP contribution is 2.08. The van der Waals surface area contributed by atoms with Crippen molar-refractivity contribution in [2.75, 3.05) is 0 Å². The Morgan fingerprint density at radius 2 is 2.19 bits per heavy atom. The molecule has 0 unspecified atom stereocenters. The third kappa shape index (κ3) is 2.80. The van der Waals surface area contributed by atoms with Gasteiger partial charge in [-0.1, -0.05) is 13.8 Å². The molecule has 0 amide bonds. The van der Waals surface area contributed by atoms with Crippen molar-refractivity contribution in [2.24, 2.45) is 5.92 Å². The molecule has 0 spiro atoms. The van der Waals surface area contributed by atoms with Gasteiger partial charge in [0.2, 0.25) is 0 Å². The number of aromatic nitrogens is 2. The van der Waals surface area contributed by atoms with Crippen molar-refractivity contribution in [3.63, 3.8) is 0 Å². The van der Waals surface area contributed by atoms with Crippen LogP contribution in [-0.2, 0) is 14.8 Å². The van der Waals surface area contributed by atoms with E-state index >= 15 is 0 Å². The Kier molecular flexibility index (Phi) is 3.66. The van der Waals surface area contributed by atoms with Gasteiger partial charge in [0, 0.05) is 0 Å². The third-order valence-corrected chi connectivity index (χ3v) is 3.34. The van der Waals surface area contributed by atoms with Crippen molar-refractivity contribution < 1.29 is 18.3 Å². The summed E-state index contributed by atoms with van der Waals surface area (Å²) in [7, 11) is -3.86. The van der Waals surface area contributed by atoms with E-state index in [1.165, 1.54) is 6.33 Å². The van der Waals surface area contributed by atoms with Gasteiger partial charge in [-0.25, -0.2) is 13.4 Å². The molecule has 0 aliphatic rings. The van der Waals surface area contributed by atoms with E-state index in [9.17, 15) is 13.2 Å². The van der Waals surface area contributed by atoms with Gasteiger partial charge in [0.1, 0.15) is 6.04 Å². The zero-order valence-electron chi connectivity index (χ0n) is 8.84. The molecule has 3 N–H and O–H groups in total. The largest absolute Gasteiger partial charge is 0.480 e. The summed E-state index contributed by atoms with van der Waals surface area (Å²) in [5.41, 5.74) is 0. The van der Waals surface area contributed by atoms with Crippen molar-refractivity contribution in [3.05, 3.63) is 12.5 Å². The highest BCUT2D eigenvalue weighted by molar-refractivity contribution is 7.89. The van der Waals surface area contributed by atoms with E-state index in [0.29, 0.717) is 0 Å². The van der Waals surface area contributed by atoms with Crippen LogP contribution in [0.1, 0.15) is 13.8 Å². The second-order valence-electron chi connectivity index (χ2n) is 3.60. The summed E-state index contributed by atoms with van der Waals surface area (Å²) >= 11 is 0. The van der Waals surface area contributed by atoms with Crippen LogP contribution in [0.5, 0.6) is 0 Å². The smallest absolute Gasteiger partial charge is 0.322 e. The molecule has 0 fully saturated rings. The molecule has 1 aromatic heterocycles. The second kappa shape index (κ2) is 4.62. The normalized spacial score (nSPS) is 13.9. The number of H-pyrrole nitrogens is 1. The number of nitrogens with zero attached hydrogens (tertiary/aromatic N) is 1. The lowest BCUT2D eigenvalue weighted by atomic mass is 10.1. The molecule has 0 saturated carbocycles. The van der Waals surface area contributed by atoms with Crippen LogP contribution in [0, 0.1) is 5.92 Å². The highest BCUT2D eigenvalue weighted by Gasteiger charge is 2.28. The SMILES string of the molecule is CC(C)[C@@H](NS(=O)(=O)c1cnc[nH]1)C(=O)O. The summed E-state index contributed by atoms with van der Waals surface area (Å²) in [5, 5.41) is 8.70. The molecule has 8 heteroatoms. The average molecular weight is 247 g/mol. The fourth-order valence-corrected chi connectivity index (χ4v) is 2.33. The van der Waals surface area contributed by atoms with Gasteiger partial charge < -0.3 is 10.1 Å². The van der Waals surface area contributed by atoms with E-state index in [0.717, 1.165) is 6.20 Å². The fraction of sp³-hybridized carbons (Fsp3) is 0.500. The van der Waals surface area contributed by atoms with Crippen LogP contribution >= 0.6 is 0 Å². The van der Waals surface area contributed by atoms with E-state index in [4.69, 9.17) is 5.11 Å². The molecule has 0 aliphatic carbocycles. The maximum atomic E-state index is 11.7. The van der Waals surface area contributed by atoms with Gasteiger partial charge in [-0.3, -0.25) is 4.79 Å². The van der Waals surface area contributed by atoms with Crippen molar-refractivity contribution in [1.29, 1.82) is 0 Å². The monoisotopic (exact) mass is 247 g/mol. The Labute approximate surface area is 93.0 Å². The van der Waals surface area contributed by atoms with Gasteiger partial charge in [0.25, 0.3) is 10.0 Å². The van der Waals surface area contributed by atoms with Crippen LogP contribution in [0.4, 0.5) is 0 Å². The number of aromatic amines is 1. The third-order valence-electron chi connectivity index (χ3n) is 1.98. The van der Waals surface area contributed by atoms with E-state index in [1.54, 1.807) is 13.8 Å². The van der Waals surface area contributed by atoms with Crippen LogP contribution < -0.4 is 4.72 Å². The lowest BCUT2D eigenvalue weighted by Gasteiger charge is -2.16. The van der Waals surface area contributed by atoms with E-state index in [2.05, 4.69) is 14.7 Å². The molecule has 0 radical (unpaired) electrons. The van der Waals surface area contributed by atoms with Crippen molar-refractivity contribution in [1.82, 2.24) is 14.7 Å². The van der Waals surface area contributed by atoms with E-state index < -0.39 is 22.0 Å². The van der Waals surface area contributed by atoms with E-state index in [-0.39, 0.29) is 10.9 Å². The second-order valence-corrected chi connectivity index (χ2v) is 5.28. The molecule has 1 aromatic rings. The highest BCUT2D eigenvalue weighted by atomic mass is 32.2. The number of aliphatic carboxylic acids is 1. The maximum absolute atomic E-state index is 11.7. The van der Waals surface area contributed by atoms with Gasteiger partial charge in [-0.15, -0.1) is 0 Å². The summed E-state index contributed by atoms with van der Waals surface area (Å²) in [6.45, 7) is 3.24. The minimum absolute atomic E-state index is 0.153. The number of rotatable bonds is 5. The van der Waals surface area contributed by atoms with Crippen LogP contribution in [0.15, 0.2) is 17.6 Å². The first-order chi connectivity index (χ1) is 7.34. The average Bonchev–Trinajstić information content (AvgIpc) is 2.66. The summed E-state index contributed by atoms with van der Waals surface area (Å²) in [4.78, 5) is 16.8. The number of carboxylic acid groups (broad SMARTS) is 1. The number of nitrogens with one attached hydrogen (secondary N) is 2. The van der Waals surface area contributed by atoms with Crippen LogP contribution in [-0.4, -0.2) is 35.5 Å². The lowest BCUT2D eigenvalue weighted by Crippen LogP contribution is -2.44. The first kappa shape index (κ1) is 12.7. The summed E-state index contributed by atoms with van der Waals surface area (Å²) < 4.78 is 25.4. The Morgan fingerprint density at radius 3 is 2.56 bits per heavy atom. The molecular formula is C8H13N3O4S. The van der Waals surface area contributed by atoms with Gasteiger partial charge in [-0.2, -0.15) is 4.72 Å². The molecule has 16 heavy (non-hydrogen) atoms. The zero-order valence-corrected chi connectivity index (χ0v) is 9.65. The fourth-order valence-electron chi connectivity index (χ4n) is 1.09. The van der Waals surface area contributed by atoms with Crippen molar-refractivity contribution in [2.45, 2.75) is 24.9 Å². The first-order valence-electron chi connectivity index (χ1n) is 4.58. The molecule has 1 rings (SSSR count). The van der Waals surface area contributed by atoms with E-state index in [1.807, 2.05) is 0 Å². The van der Waals surface area contributed by atoms with Crippen LogP contribution in [0.3, 0.4) is 0 Å². The quantitative estimate of drug-likeness (QED) is 0.667. The molecule has 0 saturated heterocycles. The van der Waals surface area contributed by atoms with Crippen LogP contribution in [0.25, 0.3) is 0 Å². The summed E-state index contributed by atoms with van der Waals surface area (Å²) in [5.74, 6) is -1.56. The van der Waals surface area contributed by atoms with Gasteiger partial charge in [0.15, 0.2) is 5.03 Å². The van der Waals surface area contributed by atoms with Gasteiger partial charge in [0.05, 0.1) is 12.5 Å². The standard InChI is InChI=1S/C8H13N3O4S/c1-5(2)7(8(12)13)11-16(14,15)6-3-9-4-10-6/h3-5,7,11H,1-2H3,(H,9,10)(H,12,13)/t7-/m1/s1. The minimum atomic E-state index is -3.86. The minimum Gasteiger partial charge on any atom is -0.480 e. The topological polar surface area (TPSA) is 112 Å². The molecule has 1 heterocycles. The number of sulfonamides is 1. The number of carbonyl (C=O) groups is 1. The van der Waals surface area contributed by atoms with Crippen LogP contribution in [0.2, 0.25) is 0 Å². The van der Waals surface area contributed by atoms with Gasteiger partial charge in [-0.05, 0) is 5.92 Å². The molecule has 0 aromatic carbocycles. The molecule has 0 bridgehead atoms. The lowest BCUT2D eigenvalue weighted by molar-refractivity contribution is -0.140. The maximum Gasteiger partial charge on any atom is 0.322 e. The molecule has 90 valence electrons. The number of carboxylic acids is 1. The summed E-state index contributed by atoms with van der Waals surface area (Å²) in [6, 6.07) is -1.16. The van der Waals surface area contributed by atoms with Crippen molar-refractivity contribution in [3.8, 4) is 0 Å². The summed E-state index contributed by atoms with van der Waals surface area (Å²) in [6.07, 6.45) is 2.32. The Morgan fingerprint density at radius 1 is 1.56 bits per heavy atom. The predicted octanol–water partition coefficient (Wildman–Crippen LogP) is -0.203. The predicted molar refractivity (Wildman–Crippen MR) is 55.2 cm³/mol. The molecule has 0 aliphatic heterocycles. The molecule has 7 nitrogen and oxygen atoms in total. The number of hydrogen-bond acceptors (Lipinski definition) is 4. The van der Waals surface area contributed by atoms with Gasteiger partial charge >= 0.3 is 5.97 Å². The Hall–Kier alpha value is -1.41. The zero-order chi connectivity index (χ0) is 12.3. The Bertz CT molecular complexity index is 452. The number of imidazole rings is 1. The number of hydrogen-bond donors (Lipinski definition) is 3. The Balaban J connectivity index is 2.92. The molecule has 1 atom stereocenters. The molecular weight excluding hydrogens is 234 g/mol.